The number of hydroxylamine groups is 2. The van der Waals surface area contributed by atoms with Crippen LogP contribution in [-0.2, 0) is 16.2 Å². The summed E-state index contributed by atoms with van der Waals surface area (Å²) in [6, 6.07) is 3.29. The molecule has 0 aliphatic carbocycles. The van der Waals surface area contributed by atoms with Crippen LogP contribution >= 0.6 is 0 Å². The Morgan fingerprint density at radius 2 is 2.04 bits per heavy atom. The molecule has 0 saturated carbocycles. The van der Waals surface area contributed by atoms with Crippen molar-refractivity contribution in [1.29, 1.82) is 0 Å². The van der Waals surface area contributed by atoms with E-state index in [9.17, 15) is 14.4 Å². The Bertz CT molecular complexity index is 645. The van der Waals surface area contributed by atoms with Gasteiger partial charge >= 0.3 is 6.09 Å². The van der Waals surface area contributed by atoms with E-state index in [2.05, 4.69) is 10.3 Å². The molecule has 1 saturated heterocycles. The van der Waals surface area contributed by atoms with Crippen LogP contribution in [-0.4, -0.2) is 78.8 Å². The number of piperazine rings is 1. The summed E-state index contributed by atoms with van der Waals surface area (Å²) in [6.45, 7) is 1.71. The molecule has 1 aromatic heterocycles. The normalized spacial score (nSPS) is 14.2. The summed E-state index contributed by atoms with van der Waals surface area (Å²) in [6.07, 6.45) is -0.392. The van der Waals surface area contributed by atoms with Crippen molar-refractivity contribution in [3.05, 3.63) is 23.4 Å². The quantitative estimate of drug-likeness (QED) is 0.537. The Morgan fingerprint density at radius 1 is 1.36 bits per heavy atom. The van der Waals surface area contributed by atoms with Gasteiger partial charge in [-0.15, -0.1) is 0 Å². The highest BCUT2D eigenvalue weighted by molar-refractivity contribution is 5.98. The highest BCUT2D eigenvalue weighted by Gasteiger charge is 2.26. The number of pyridine rings is 1. The summed E-state index contributed by atoms with van der Waals surface area (Å²) in [5, 5.41) is 12.7. The van der Waals surface area contributed by atoms with Gasteiger partial charge in [0.1, 0.15) is 5.82 Å². The predicted molar refractivity (Wildman–Crippen MR) is 88.1 cm³/mol. The molecular formula is C15H21N5O5. The zero-order valence-electron chi connectivity index (χ0n) is 14.1. The number of anilines is 1. The van der Waals surface area contributed by atoms with Crippen molar-refractivity contribution in [3.63, 3.8) is 0 Å². The Balaban J connectivity index is 2.29. The Hall–Kier alpha value is -2.88. The number of nitrogens with one attached hydrogen (secondary N) is 1. The van der Waals surface area contributed by atoms with Gasteiger partial charge in [-0.2, -0.15) is 0 Å². The van der Waals surface area contributed by atoms with Crippen LogP contribution < -0.4 is 10.2 Å². The maximum Gasteiger partial charge on any atom is 0.407 e. The first-order valence-corrected chi connectivity index (χ1v) is 7.70. The number of amides is 3. The molecule has 10 nitrogen and oxygen atoms in total. The van der Waals surface area contributed by atoms with Gasteiger partial charge in [0.15, 0.2) is 0 Å². The number of carbonyl (C=O) groups is 3. The van der Waals surface area contributed by atoms with E-state index in [1.54, 1.807) is 12.1 Å². The van der Waals surface area contributed by atoms with Crippen LogP contribution in [0.5, 0.6) is 0 Å². The van der Waals surface area contributed by atoms with Crippen LogP contribution in [0, 0.1) is 0 Å². The topological polar surface area (TPSA) is 115 Å². The van der Waals surface area contributed by atoms with E-state index in [-0.39, 0.29) is 12.5 Å². The standard InChI is InChI=1S/C15H21N5O5/c1-18(25-2)14(22)12-4-3-11(9-16-10-21)17-13(12)19-5-7-20(8-6-19)15(23)24/h3-4,10H,5-9H2,1-2H3,(H,16,21)(H,23,24). The third kappa shape index (κ3) is 4.35. The van der Waals surface area contributed by atoms with E-state index < -0.39 is 6.09 Å². The monoisotopic (exact) mass is 351 g/mol. The van der Waals surface area contributed by atoms with Crippen LogP contribution in [0.1, 0.15) is 16.1 Å². The molecule has 1 fully saturated rings. The predicted octanol–water partition coefficient (Wildman–Crippen LogP) is -0.239. The molecule has 2 N–H and O–H groups in total. The van der Waals surface area contributed by atoms with Crippen molar-refractivity contribution in [2.45, 2.75) is 6.54 Å². The summed E-state index contributed by atoms with van der Waals surface area (Å²) in [5.74, 6) is 0.0877. The van der Waals surface area contributed by atoms with Gasteiger partial charge in [-0.3, -0.25) is 14.4 Å². The molecule has 0 radical (unpaired) electrons. The molecule has 0 spiro atoms. The van der Waals surface area contributed by atoms with Crippen LogP contribution in [0.2, 0.25) is 0 Å². The van der Waals surface area contributed by atoms with Crippen molar-refractivity contribution in [1.82, 2.24) is 20.3 Å². The number of carbonyl (C=O) groups excluding carboxylic acids is 2. The summed E-state index contributed by atoms with van der Waals surface area (Å²) >= 11 is 0. The summed E-state index contributed by atoms with van der Waals surface area (Å²) in [5.41, 5.74) is 0.947. The third-order valence-electron chi connectivity index (χ3n) is 3.94. The average Bonchev–Trinajstić information content (AvgIpc) is 2.65. The van der Waals surface area contributed by atoms with Crippen LogP contribution in [0.25, 0.3) is 0 Å². The fourth-order valence-electron chi connectivity index (χ4n) is 2.50. The molecule has 25 heavy (non-hydrogen) atoms. The number of hydrogen-bond donors (Lipinski definition) is 2. The minimum atomic E-state index is -0.966. The molecular weight excluding hydrogens is 330 g/mol. The molecule has 3 amide bonds. The van der Waals surface area contributed by atoms with Crippen molar-refractivity contribution < 1.29 is 24.3 Å². The largest absolute Gasteiger partial charge is 0.465 e. The minimum absolute atomic E-state index is 0.236. The van der Waals surface area contributed by atoms with Crippen molar-refractivity contribution in [2.75, 3.05) is 45.2 Å². The molecule has 1 aromatic rings. The van der Waals surface area contributed by atoms with Gasteiger partial charge in [0.2, 0.25) is 6.41 Å². The number of nitrogens with zero attached hydrogens (tertiary/aromatic N) is 4. The maximum absolute atomic E-state index is 12.5. The second-order valence-electron chi connectivity index (χ2n) is 5.41. The summed E-state index contributed by atoms with van der Waals surface area (Å²) in [4.78, 5) is 46.6. The van der Waals surface area contributed by atoms with Crippen molar-refractivity contribution in [2.24, 2.45) is 0 Å². The first-order valence-electron chi connectivity index (χ1n) is 7.70. The van der Waals surface area contributed by atoms with Crippen LogP contribution in [0.3, 0.4) is 0 Å². The molecule has 0 aromatic carbocycles. The fourth-order valence-corrected chi connectivity index (χ4v) is 2.50. The molecule has 136 valence electrons. The molecule has 10 heteroatoms. The number of hydrogen-bond acceptors (Lipinski definition) is 6. The summed E-state index contributed by atoms with van der Waals surface area (Å²) in [7, 11) is 2.88. The lowest BCUT2D eigenvalue weighted by atomic mass is 10.1. The van der Waals surface area contributed by atoms with E-state index in [0.29, 0.717) is 49.7 Å². The second-order valence-corrected chi connectivity index (χ2v) is 5.41. The van der Waals surface area contributed by atoms with Gasteiger partial charge in [0.25, 0.3) is 5.91 Å². The van der Waals surface area contributed by atoms with Gasteiger partial charge < -0.3 is 20.2 Å². The number of rotatable bonds is 6. The Labute approximate surface area is 144 Å². The molecule has 1 aliphatic heterocycles. The zero-order chi connectivity index (χ0) is 18.4. The van der Waals surface area contributed by atoms with Gasteiger partial charge in [0, 0.05) is 33.2 Å². The van der Waals surface area contributed by atoms with E-state index in [1.165, 1.54) is 19.1 Å². The van der Waals surface area contributed by atoms with Crippen LogP contribution in [0.4, 0.5) is 10.6 Å². The number of aromatic nitrogens is 1. The van der Waals surface area contributed by atoms with Crippen molar-refractivity contribution in [3.8, 4) is 0 Å². The molecule has 1 aliphatic rings. The highest BCUT2D eigenvalue weighted by atomic mass is 16.7. The maximum atomic E-state index is 12.5. The lowest BCUT2D eigenvalue weighted by molar-refractivity contribution is -0.109. The Kier molecular flexibility index (Phi) is 6.12. The number of carboxylic acid groups (broad SMARTS) is 1. The van der Waals surface area contributed by atoms with Crippen LogP contribution in [0.15, 0.2) is 12.1 Å². The van der Waals surface area contributed by atoms with E-state index in [0.717, 1.165) is 5.06 Å². The summed E-state index contributed by atoms with van der Waals surface area (Å²) < 4.78 is 0. The lowest BCUT2D eigenvalue weighted by Crippen LogP contribution is -2.49. The molecule has 2 heterocycles. The first kappa shape index (κ1) is 18.5. The van der Waals surface area contributed by atoms with Gasteiger partial charge in [-0.05, 0) is 12.1 Å². The molecule has 0 unspecified atom stereocenters. The van der Waals surface area contributed by atoms with Gasteiger partial charge in [-0.25, -0.2) is 14.8 Å². The SMILES string of the molecule is CON(C)C(=O)c1ccc(CNC=O)nc1N1CCN(C(=O)O)CC1. The smallest absolute Gasteiger partial charge is 0.407 e. The van der Waals surface area contributed by atoms with Crippen molar-refractivity contribution >= 4 is 24.2 Å². The van der Waals surface area contributed by atoms with Gasteiger partial charge in [-0.1, -0.05) is 0 Å². The van der Waals surface area contributed by atoms with E-state index in [4.69, 9.17) is 9.94 Å². The van der Waals surface area contributed by atoms with Gasteiger partial charge in [0.05, 0.1) is 24.9 Å². The fraction of sp³-hybridized carbons (Fsp3) is 0.467. The van der Waals surface area contributed by atoms with E-state index in [1.807, 2.05) is 4.90 Å². The molecule has 0 bridgehead atoms. The van der Waals surface area contributed by atoms with E-state index >= 15 is 0 Å². The molecule has 0 atom stereocenters. The molecule has 2 rings (SSSR count). The zero-order valence-corrected chi connectivity index (χ0v) is 14.1. The lowest BCUT2D eigenvalue weighted by Gasteiger charge is -2.35. The second kappa shape index (κ2) is 8.29. The average molecular weight is 351 g/mol. The highest BCUT2D eigenvalue weighted by Crippen LogP contribution is 2.22. The Morgan fingerprint density at radius 3 is 2.60 bits per heavy atom. The minimum Gasteiger partial charge on any atom is -0.465 e. The third-order valence-corrected chi connectivity index (χ3v) is 3.94. The first-order chi connectivity index (χ1) is 12.0.